The summed E-state index contributed by atoms with van der Waals surface area (Å²) in [6, 6.07) is 2.13. The van der Waals surface area contributed by atoms with Crippen molar-refractivity contribution >= 4 is 5.82 Å². The zero-order valence-corrected chi connectivity index (χ0v) is 18.2. The van der Waals surface area contributed by atoms with E-state index in [1.165, 1.54) is 0 Å². The van der Waals surface area contributed by atoms with Crippen LogP contribution >= 0.6 is 0 Å². The average molecular weight is 431 g/mol. The number of hydrazine groups is 1. The molecule has 0 amide bonds. The molecule has 0 bridgehead atoms. The number of alkyl halides is 1. The Balaban J connectivity index is 1.35. The Labute approximate surface area is 181 Å². The maximum atomic E-state index is 15.0. The van der Waals surface area contributed by atoms with E-state index < -0.39 is 12.3 Å². The largest absolute Gasteiger partial charge is 0.390 e. The van der Waals surface area contributed by atoms with Gasteiger partial charge in [-0.05, 0) is 38.4 Å². The van der Waals surface area contributed by atoms with Crippen LogP contribution in [0.4, 0.5) is 10.2 Å². The minimum absolute atomic E-state index is 0.0180. The minimum atomic E-state index is -0.895. The first kappa shape index (κ1) is 20.7. The van der Waals surface area contributed by atoms with Crippen molar-refractivity contribution in [3.63, 3.8) is 0 Å². The predicted octanol–water partition coefficient (Wildman–Crippen LogP) is 0.371. The molecule has 3 fully saturated rings. The number of β-amino-alcohol motifs (C(OH)–C–C–N with tert-alkyl or cyclic N) is 1. The first-order chi connectivity index (χ1) is 14.9. The van der Waals surface area contributed by atoms with Gasteiger partial charge in [0, 0.05) is 44.4 Å². The van der Waals surface area contributed by atoms with Gasteiger partial charge < -0.3 is 14.9 Å². The van der Waals surface area contributed by atoms with E-state index >= 15 is 0 Å². The van der Waals surface area contributed by atoms with Crippen molar-refractivity contribution in [3.05, 3.63) is 36.0 Å². The summed E-state index contributed by atoms with van der Waals surface area (Å²) in [5.74, 6) is 0.885. The molecule has 2 aromatic heterocycles. The first-order valence-corrected chi connectivity index (χ1v) is 11.0. The van der Waals surface area contributed by atoms with Crippen LogP contribution in [0, 0.1) is 5.92 Å². The van der Waals surface area contributed by atoms with Crippen LogP contribution < -0.4 is 15.8 Å². The highest BCUT2D eigenvalue weighted by molar-refractivity contribution is 5.42. The van der Waals surface area contributed by atoms with Crippen molar-refractivity contribution in [1.29, 1.82) is 0 Å². The van der Waals surface area contributed by atoms with Crippen LogP contribution in [0.25, 0.3) is 0 Å². The van der Waals surface area contributed by atoms with Gasteiger partial charge in [-0.2, -0.15) is 5.10 Å². The van der Waals surface area contributed by atoms with Crippen molar-refractivity contribution in [1.82, 2.24) is 35.5 Å². The number of fused-ring (bicyclic) bond motifs is 1. The van der Waals surface area contributed by atoms with E-state index in [1.54, 1.807) is 17.2 Å². The molecule has 5 rings (SSSR count). The van der Waals surface area contributed by atoms with Crippen LogP contribution in [-0.2, 0) is 7.05 Å². The van der Waals surface area contributed by atoms with E-state index in [9.17, 15) is 9.50 Å². The van der Waals surface area contributed by atoms with Gasteiger partial charge in [-0.1, -0.05) is 0 Å². The number of likely N-dealkylation sites (N-methyl/N-ethyl adjacent to an activating group) is 1. The molecule has 4 heterocycles. The second kappa shape index (κ2) is 8.09. The highest BCUT2D eigenvalue weighted by atomic mass is 19.1. The van der Waals surface area contributed by atoms with Gasteiger partial charge in [0.05, 0.1) is 30.1 Å². The van der Waals surface area contributed by atoms with Gasteiger partial charge in [0.25, 0.3) is 0 Å². The van der Waals surface area contributed by atoms with E-state index in [4.69, 9.17) is 0 Å². The van der Waals surface area contributed by atoms with Crippen LogP contribution in [0.2, 0.25) is 0 Å². The van der Waals surface area contributed by atoms with Gasteiger partial charge in [-0.15, -0.1) is 0 Å². The number of aliphatic hydroxyl groups is 1. The first-order valence-electron chi connectivity index (χ1n) is 11.0. The molecule has 7 atom stereocenters. The summed E-state index contributed by atoms with van der Waals surface area (Å²) in [6.45, 7) is 1.27. The molecular formula is C21H31FN8O. The Morgan fingerprint density at radius 3 is 2.74 bits per heavy atom. The fourth-order valence-corrected chi connectivity index (χ4v) is 5.46. The smallest absolute Gasteiger partial charge is 0.132 e. The second-order valence-electron chi connectivity index (χ2n) is 9.38. The van der Waals surface area contributed by atoms with Crippen molar-refractivity contribution in [2.75, 3.05) is 32.1 Å². The maximum absolute atomic E-state index is 15.0. The summed E-state index contributed by atoms with van der Waals surface area (Å²) in [7, 11) is 5.83. The van der Waals surface area contributed by atoms with E-state index in [0.717, 1.165) is 30.0 Å². The van der Waals surface area contributed by atoms with Gasteiger partial charge in [0.1, 0.15) is 18.3 Å². The third-order valence-electron chi connectivity index (χ3n) is 7.20. The zero-order valence-electron chi connectivity index (χ0n) is 18.2. The summed E-state index contributed by atoms with van der Waals surface area (Å²) in [5.41, 5.74) is 8.52. The molecule has 5 unspecified atom stereocenters. The molecule has 2 aliphatic heterocycles. The van der Waals surface area contributed by atoms with E-state index in [1.807, 2.05) is 38.3 Å². The topological polar surface area (TPSA) is 94.4 Å². The van der Waals surface area contributed by atoms with Gasteiger partial charge >= 0.3 is 0 Å². The molecule has 1 saturated carbocycles. The standard InChI is InChI=1S/C21H31FN8O/c1-28(2)18-9-30(10-19(18)31)20-6-17(23-11-24-20)21-14-4-13(12-7-25-29(3)8-12)15(22)5-16(14)26-27-21/h6-8,11,13-16,18-19,21,26-27,31H,4-5,9-10H2,1-3H3/t13?,14?,15?,16?,18-,19-,21?/m1/s1. The van der Waals surface area contributed by atoms with Gasteiger partial charge in [-0.3, -0.25) is 10.1 Å². The van der Waals surface area contributed by atoms with E-state index in [0.29, 0.717) is 13.0 Å². The number of anilines is 1. The molecule has 1 aliphatic carbocycles. The minimum Gasteiger partial charge on any atom is -0.390 e. The molecule has 2 aromatic rings. The zero-order chi connectivity index (χ0) is 21.7. The predicted molar refractivity (Wildman–Crippen MR) is 114 cm³/mol. The highest BCUT2D eigenvalue weighted by Crippen LogP contribution is 2.45. The summed E-state index contributed by atoms with van der Waals surface area (Å²) in [6.07, 6.45) is 5.18. The second-order valence-corrected chi connectivity index (χ2v) is 9.38. The Morgan fingerprint density at radius 1 is 1.19 bits per heavy atom. The third-order valence-corrected chi connectivity index (χ3v) is 7.20. The van der Waals surface area contributed by atoms with Gasteiger partial charge in [-0.25, -0.2) is 19.8 Å². The summed E-state index contributed by atoms with van der Waals surface area (Å²) >= 11 is 0. The number of hydrogen-bond acceptors (Lipinski definition) is 8. The summed E-state index contributed by atoms with van der Waals surface area (Å²) in [5, 5.41) is 14.6. The number of aromatic nitrogens is 4. The molecule has 10 heteroatoms. The Hall–Kier alpha value is -2.14. The third kappa shape index (κ3) is 3.82. The van der Waals surface area contributed by atoms with Crippen LogP contribution in [0.3, 0.4) is 0 Å². The number of hydrogen-bond donors (Lipinski definition) is 3. The molecular weight excluding hydrogens is 399 g/mol. The van der Waals surface area contributed by atoms with Crippen LogP contribution in [0.1, 0.15) is 36.1 Å². The van der Waals surface area contributed by atoms with Gasteiger partial charge in [0.15, 0.2) is 0 Å². The number of rotatable bonds is 4. The lowest BCUT2D eigenvalue weighted by molar-refractivity contribution is 0.114. The lowest BCUT2D eigenvalue weighted by Gasteiger charge is -2.35. The summed E-state index contributed by atoms with van der Waals surface area (Å²) in [4.78, 5) is 13.2. The summed E-state index contributed by atoms with van der Waals surface area (Å²) < 4.78 is 16.7. The number of nitrogens with zero attached hydrogens (tertiary/aromatic N) is 6. The molecule has 0 aromatic carbocycles. The maximum Gasteiger partial charge on any atom is 0.132 e. The average Bonchev–Trinajstić information content (AvgIpc) is 3.45. The fraction of sp³-hybridized carbons (Fsp3) is 0.667. The highest BCUT2D eigenvalue weighted by Gasteiger charge is 2.46. The molecule has 0 spiro atoms. The molecule has 2 saturated heterocycles. The number of aryl methyl sites for hydroxylation is 1. The van der Waals surface area contributed by atoms with E-state index in [-0.39, 0.29) is 30.0 Å². The van der Waals surface area contributed by atoms with Crippen LogP contribution in [0.15, 0.2) is 24.8 Å². The molecule has 168 valence electrons. The van der Waals surface area contributed by atoms with Gasteiger partial charge in [0.2, 0.25) is 0 Å². The SMILES string of the molecule is CN(C)[C@@H]1CN(c2cc(C3NNC4CC(F)C(c5cnn(C)c5)CC43)ncn2)C[C@H]1O. The molecule has 31 heavy (non-hydrogen) atoms. The van der Waals surface area contributed by atoms with Crippen molar-refractivity contribution in [2.24, 2.45) is 13.0 Å². The fourth-order valence-electron chi connectivity index (χ4n) is 5.46. The lowest BCUT2D eigenvalue weighted by Crippen LogP contribution is -2.39. The van der Waals surface area contributed by atoms with Crippen molar-refractivity contribution in [3.8, 4) is 0 Å². The normalized spacial score (nSPS) is 35.7. The number of halogens is 1. The lowest BCUT2D eigenvalue weighted by atomic mass is 9.72. The Bertz CT molecular complexity index is 922. The molecule has 0 radical (unpaired) electrons. The number of nitrogens with one attached hydrogen (secondary N) is 2. The quantitative estimate of drug-likeness (QED) is 0.641. The van der Waals surface area contributed by atoms with Crippen LogP contribution in [-0.4, -0.2) is 81.3 Å². The monoisotopic (exact) mass is 430 g/mol. The molecule has 3 N–H and O–H groups in total. The van der Waals surface area contributed by atoms with Crippen molar-refractivity contribution < 1.29 is 9.50 Å². The van der Waals surface area contributed by atoms with Crippen LogP contribution in [0.5, 0.6) is 0 Å². The number of aliphatic hydroxyl groups excluding tert-OH is 1. The van der Waals surface area contributed by atoms with E-state index in [2.05, 4.69) is 30.8 Å². The Kier molecular flexibility index (Phi) is 5.41. The Morgan fingerprint density at radius 2 is 2.03 bits per heavy atom. The molecule has 3 aliphatic rings. The molecule has 9 nitrogen and oxygen atoms in total. The van der Waals surface area contributed by atoms with Crippen molar-refractivity contribution in [2.45, 2.75) is 49.2 Å².